The predicted octanol–water partition coefficient (Wildman–Crippen LogP) is 4.38. The van der Waals surface area contributed by atoms with Crippen LogP contribution < -0.4 is 14.4 Å². The summed E-state index contributed by atoms with van der Waals surface area (Å²) in [5.41, 5.74) is 2.20. The summed E-state index contributed by atoms with van der Waals surface area (Å²) in [5.74, 6) is 0.250. The van der Waals surface area contributed by atoms with Gasteiger partial charge in [-0.15, -0.1) is 0 Å². The number of hydrogen-bond donors (Lipinski definition) is 2. The molecule has 7 rings (SSSR count). The van der Waals surface area contributed by atoms with E-state index in [1.165, 1.54) is 17.2 Å². The van der Waals surface area contributed by atoms with E-state index < -0.39 is 27.3 Å². The molecule has 2 fully saturated rings. The molecule has 0 unspecified atom stereocenters. The third kappa shape index (κ3) is 5.23. The number of nitrogens with one attached hydrogen (secondary N) is 1. The van der Waals surface area contributed by atoms with Crippen LogP contribution in [0.5, 0.6) is 5.75 Å². The first kappa shape index (κ1) is 28.2. The Morgan fingerprint density at radius 1 is 1.12 bits per heavy atom. The number of sulfonamides is 1. The molecule has 3 aliphatic heterocycles. The third-order valence-electron chi connectivity index (χ3n) is 10.1. The maximum Gasteiger partial charge on any atom is 0.264 e. The van der Waals surface area contributed by atoms with Crippen molar-refractivity contribution >= 4 is 33.2 Å². The number of ether oxygens (including phenoxy) is 2. The van der Waals surface area contributed by atoms with E-state index >= 15 is 0 Å². The van der Waals surface area contributed by atoms with Crippen molar-refractivity contribution in [1.82, 2.24) is 4.72 Å². The van der Waals surface area contributed by atoms with Gasteiger partial charge in [-0.25, -0.2) is 13.1 Å². The Morgan fingerprint density at radius 2 is 2.00 bits per heavy atom. The fourth-order valence-electron chi connectivity index (χ4n) is 7.81. The van der Waals surface area contributed by atoms with Gasteiger partial charge in [-0.3, -0.25) is 4.79 Å². The summed E-state index contributed by atoms with van der Waals surface area (Å²) in [5, 5.41) is 12.1. The molecular formula is C32H37ClN2O6S. The average molecular weight is 613 g/mol. The van der Waals surface area contributed by atoms with Crippen LogP contribution in [0.4, 0.5) is 5.69 Å². The van der Waals surface area contributed by atoms with Crippen molar-refractivity contribution in [3.63, 3.8) is 0 Å². The second-order valence-corrected chi connectivity index (χ2v) is 15.1. The van der Waals surface area contributed by atoms with Gasteiger partial charge < -0.3 is 19.5 Å². The van der Waals surface area contributed by atoms with Gasteiger partial charge in [0.2, 0.25) is 10.0 Å². The number of aliphatic hydroxyl groups is 1. The minimum absolute atomic E-state index is 0.100. The lowest BCUT2D eigenvalue weighted by molar-refractivity contribution is -0.125. The van der Waals surface area contributed by atoms with E-state index in [-0.39, 0.29) is 23.0 Å². The van der Waals surface area contributed by atoms with Gasteiger partial charge in [0.05, 0.1) is 36.4 Å². The van der Waals surface area contributed by atoms with Crippen molar-refractivity contribution in [2.75, 3.05) is 37.0 Å². The molecule has 1 saturated carbocycles. The summed E-state index contributed by atoms with van der Waals surface area (Å²) in [4.78, 5) is 15.6. The maximum atomic E-state index is 13.2. The summed E-state index contributed by atoms with van der Waals surface area (Å²) in [6, 6.07) is 11.4. The molecule has 1 amide bonds. The van der Waals surface area contributed by atoms with Gasteiger partial charge in [0.1, 0.15) is 5.75 Å². The lowest BCUT2D eigenvalue weighted by atomic mass is 9.66. The normalized spacial score (nSPS) is 34.6. The minimum Gasteiger partial charge on any atom is -0.490 e. The molecule has 5 atom stereocenters. The van der Waals surface area contributed by atoms with Crippen molar-refractivity contribution in [2.45, 2.75) is 62.1 Å². The van der Waals surface area contributed by atoms with Crippen LogP contribution in [0.15, 0.2) is 48.6 Å². The number of rotatable bonds is 0. The van der Waals surface area contributed by atoms with E-state index in [1.54, 1.807) is 24.3 Å². The SMILES string of the molecule is O=C1NS(=O)(=O)C/C=C/[C@]2(O)CCO[C@H](C2)[C@@H]2CC[C@H]2CN2C[C@@]3(CCCc4cc(Cl)ccc43)COc3ccc1cc32. The van der Waals surface area contributed by atoms with Crippen molar-refractivity contribution in [3.8, 4) is 5.75 Å². The van der Waals surface area contributed by atoms with Gasteiger partial charge in [-0.1, -0.05) is 29.8 Å². The van der Waals surface area contributed by atoms with Crippen LogP contribution in [-0.2, 0) is 26.6 Å². The number of halogens is 1. The third-order valence-corrected chi connectivity index (χ3v) is 11.5. The number of carbonyl (C=O) groups is 1. The summed E-state index contributed by atoms with van der Waals surface area (Å²) < 4.78 is 40.6. The summed E-state index contributed by atoms with van der Waals surface area (Å²) in [7, 11) is -3.96. The highest BCUT2D eigenvalue weighted by molar-refractivity contribution is 7.90. The van der Waals surface area contributed by atoms with E-state index in [4.69, 9.17) is 21.1 Å². The number of hydrogen-bond acceptors (Lipinski definition) is 7. The number of aryl methyl sites for hydroxylation is 1. The lowest BCUT2D eigenvalue weighted by Crippen LogP contribution is -2.52. The van der Waals surface area contributed by atoms with Gasteiger partial charge in [0.15, 0.2) is 0 Å². The van der Waals surface area contributed by atoms with E-state index in [0.29, 0.717) is 44.3 Å². The van der Waals surface area contributed by atoms with Crippen molar-refractivity contribution < 1.29 is 27.8 Å². The Bertz CT molecular complexity index is 1550. The monoisotopic (exact) mass is 612 g/mol. The topological polar surface area (TPSA) is 105 Å². The Labute approximate surface area is 252 Å². The smallest absolute Gasteiger partial charge is 0.264 e. The molecule has 1 saturated heterocycles. The van der Waals surface area contributed by atoms with Gasteiger partial charge in [0.25, 0.3) is 5.91 Å². The molecule has 0 radical (unpaired) electrons. The lowest BCUT2D eigenvalue weighted by Gasteiger charge is -2.48. The average Bonchev–Trinajstić information content (AvgIpc) is 3.07. The van der Waals surface area contributed by atoms with E-state index in [0.717, 1.165) is 49.4 Å². The van der Waals surface area contributed by atoms with Crippen LogP contribution in [0.25, 0.3) is 0 Å². The van der Waals surface area contributed by atoms with Crippen molar-refractivity contribution in [3.05, 3.63) is 70.3 Å². The highest BCUT2D eigenvalue weighted by Gasteiger charge is 2.47. The van der Waals surface area contributed by atoms with Crippen LogP contribution in [-0.4, -0.2) is 63.2 Å². The van der Waals surface area contributed by atoms with Crippen LogP contribution in [0.2, 0.25) is 5.02 Å². The Morgan fingerprint density at radius 3 is 2.83 bits per heavy atom. The molecule has 42 heavy (non-hydrogen) atoms. The molecule has 1 spiro atoms. The van der Waals surface area contributed by atoms with Crippen LogP contribution in [0.3, 0.4) is 0 Å². The molecule has 0 aromatic heterocycles. The number of benzene rings is 2. The van der Waals surface area contributed by atoms with E-state index in [9.17, 15) is 18.3 Å². The molecule has 8 nitrogen and oxygen atoms in total. The zero-order valence-electron chi connectivity index (χ0n) is 23.6. The van der Waals surface area contributed by atoms with E-state index in [1.807, 2.05) is 6.07 Å². The molecule has 224 valence electrons. The molecule has 2 N–H and O–H groups in total. The molecule has 2 aromatic rings. The first-order valence-electron chi connectivity index (χ1n) is 15.0. The molecule has 4 bridgehead atoms. The Kier molecular flexibility index (Phi) is 7.08. The number of carbonyl (C=O) groups excluding carboxylic acids is 1. The van der Waals surface area contributed by atoms with Crippen molar-refractivity contribution in [2.24, 2.45) is 11.8 Å². The molecule has 10 heteroatoms. The van der Waals surface area contributed by atoms with Gasteiger partial charge in [-0.05, 0) is 85.4 Å². The van der Waals surface area contributed by atoms with Crippen molar-refractivity contribution in [1.29, 1.82) is 0 Å². The highest BCUT2D eigenvalue weighted by atomic mass is 35.5. The summed E-state index contributed by atoms with van der Waals surface area (Å²) in [6.45, 7) is 2.39. The molecule has 5 aliphatic rings. The zero-order chi connectivity index (χ0) is 29.1. The number of amides is 1. The first-order chi connectivity index (χ1) is 20.1. The fraction of sp³-hybridized carbons (Fsp3) is 0.531. The Balaban J connectivity index is 1.30. The predicted molar refractivity (Wildman–Crippen MR) is 161 cm³/mol. The second kappa shape index (κ2) is 10.5. The molecule has 3 heterocycles. The second-order valence-electron chi connectivity index (χ2n) is 12.9. The van der Waals surface area contributed by atoms with Crippen LogP contribution >= 0.6 is 11.6 Å². The summed E-state index contributed by atoms with van der Waals surface area (Å²) in [6.07, 6.45) is 8.83. The molecular weight excluding hydrogens is 576 g/mol. The van der Waals surface area contributed by atoms with Crippen LogP contribution in [0.1, 0.15) is 60.0 Å². The minimum atomic E-state index is -3.96. The highest BCUT2D eigenvalue weighted by Crippen LogP contribution is 2.48. The summed E-state index contributed by atoms with van der Waals surface area (Å²) >= 11 is 6.39. The van der Waals surface area contributed by atoms with Gasteiger partial charge >= 0.3 is 0 Å². The number of nitrogens with zero attached hydrogens (tertiary/aromatic N) is 1. The molecule has 2 aliphatic carbocycles. The van der Waals surface area contributed by atoms with Gasteiger partial charge in [0, 0.05) is 41.9 Å². The zero-order valence-corrected chi connectivity index (χ0v) is 25.1. The van der Waals surface area contributed by atoms with Gasteiger partial charge in [-0.2, -0.15) is 0 Å². The Hall–Kier alpha value is -2.59. The molecule has 2 aromatic carbocycles. The fourth-order valence-corrected chi connectivity index (χ4v) is 8.84. The van der Waals surface area contributed by atoms with Crippen LogP contribution in [0, 0.1) is 11.8 Å². The maximum absolute atomic E-state index is 13.2. The standard InChI is InChI=1S/C32H37ClN2O6S/c33-24-6-8-26-21(15-24)3-1-10-31(26)19-35-18-23-4-7-25(23)29-17-32(37,12-13-40-29)11-2-14-42(38,39)34-30(36)22-5-9-28(41-20-31)27(35)16-22/h2,5-6,8-9,11,15-16,23,25,29,37H,1,3-4,7,10,12-14,17-20H2,(H,34,36)/b11-2+/t23-,25+,29+,31-,32-/m0/s1. The largest absolute Gasteiger partial charge is 0.490 e. The number of anilines is 1. The van der Waals surface area contributed by atoms with E-state index in [2.05, 4.69) is 21.8 Å². The first-order valence-corrected chi connectivity index (χ1v) is 17.0. The quantitative estimate of drug-likeness (QED) is 0.426. The number of fused-ring (bicyclic) bond motifs is 7.